The fourth-order valence-electron chi connectivity index (χ4n) is 4.70. The number of rotatable bonds is 0. The smallest absolute Gasteiger partial charge is 0.0576 e. The Morgan fingerprint density at radius 2 is 1.60 bits per heavy atom. The molecule has 54 valence electrons. The highest BCUT2D eigenvalue weighted by molar-refractivity contribution is 5.25. The molecular weight excluding hydrogens is 124 g/mol. The van der Waals surface area contributed by atoms with E-state index < -0.39 is 0 Å². The molecular formula is C9H12O. The van der Waals surface area contributed by atoms with Crippen LogP contribution in [0.15, 0.2) is 0 Å². The molecule has 7 atom stereocenters. The molecule has 0 heterocycles. The molecule has 10 heavy (non-hydrogen) atoms. The maximum absolute atomic E-state index is 9.61. The molecule has 5 rings (SSSR count). The van der Waals surface area contributed by atoms with Crippen molar-refractivity contribution < 1.29 is 5.11 Å². The van der Waals surface area contributed by atoms with Crippen molar-refractivity contribution in [2.24, 2.45) is 35.5 Å². The van der Waals surface area contributed by atoms with E-state index in [1.54, 1.807) is 0 Å². The summed E-state index contributed by atoms with van der Waals surface area (Å²) in [7, 11) is 0. The second-order valence-electron chi connectivity index (χ2n) is 4.76. The van der Waals surface area contributed by atoms with Gasteiger partial charge in [-0.3, -0.25) is 0 Å². The monoisotopic (exact) mass is 136 g/mol. The third-order valence-electron chi connectivity index (χ3n) is 4.78. The highest BCUT2D eigenvalue weighted by atomic mass is 16.3. The minimum Gasteiger partial charge on any atom is -0.393 e. The Hall–Kier alpha value is -0.0400. The molecule has 0 aromatic rings. The average Bonchev–Trinajstić information content (AvgIpc) is 2.34. The zero-order valence-electron chi connectivity index (χ0n) is 5.90. The van der Waals surface area contributed by atoms with Gasteiger partial charge in [-0.1, -0.05) is 0 Å². The Morgan fingerprint density at radius 1 is 0.800 bits per heavy atom. The van der Waals surface area contributed by atoms with Gasteiger partial charge in [0.2, 0.25) is 0 Å². The third kappa shape index (κ3) is 0.268. The van der Waals surface area contributed by atoms with Gasteiger partial charge in [-0.15, -0.1) is 0 Å². The molecule has 6 bridgehead atoms. The second kappa shape index (κ2) is 1.08. The largest absolute Gasteiger partial charge is 0.393 e. The van der Waals surface area contributed by atoms with Crippen LogP contribution in [0.3, 0.4) is 0 Å². The molecule has 5 saturated carbocycles. The first-order valence-corrected chi connectivity index (χ1v) is 4.56. The number of hydrogen-bond donors (Lipinski definition) is 1. The topological polar surface area (TPSA) is 20.2 Å². The standard InChI is InChI=1S/C9H12O/c10-6-2-4-3-1-5-7(4)9(5)8(3)6/h3-10H,1-2H2/t3-,4+,5+,6+,7+,8-,9+/m1/s1. The van der Waals surface area contributed by atoms with Crippen LogP contribution >= 0.6 is 0 Å². The molecule has 0 unspecified atom stereocenters. The SMILES string of the molecule is O[C@H]1C[C@H]2[C@H]3C[C@H]4[C@H]2[C@H]4[C@H]31. The first kappa shape index (κ1) is 4.76. The van der Waals surface area contributed by atoms with Crippen molar-refractivity contribution in [2.45, 2.75) is 18.9 Å². The molecule has 1 heteroatoms. The van der Waals surface area contributed by atoms with Crippen molar-refractivity contribution in [1.29, 1.82) is 0 Å². The van der Waals surface area contributed by atoms with Gasteiger partial charge in [0.15, 0.2) is 0 Å². The molecule has 0 radical (unpaired) electrons. The molecule has 0 aliphatic heterocycles. The van der Waals surface area contributed by atoms with Gasteiger partial charge >= 0.3 is 0 Å². The van der Waals surface area contributed by atoms with Crippen LogP contribution in [-0.2, 0) is 0 Å². The zero-order valence-corrected chi connectivity index (χ0v) is 5.90. The molecule has 0 aromatic carbocycles. The van der Waals surface area contributed by atoms with Gasteiger partial charge in [0.05, 0.1) is 6.10 Å². The van der Waals surface area contributed by atoms with Crippen LogP contribution in [0.5, 0.6) is 0 Å². The Bertz CT molecular complexity index is 213. The summed E-state index contributed by atoms with van der Waals surface area (Å²) in [4.78, 5) is 0. The molecule has 0 amide bonds. The highest BCUT2D eigenvalue weighted by Crippen LogP contribution is 2.80. The van der Waals surface area contributed by atoms with Crippen LogP contribution in [0.4, 0.5) is 0 Å². The van der Waals surface area contributed by atoms with E-state index in [0.29, 0.717) is 0 Å². The third-order valence-corrected chi connectivity index (χ3v) is 4.78. The number of aliphatic hydroxyl groups excluding tert-OH is 1. The normalized spacial score (nSPS) is 80.7. The van der Waals surface area contributed by atoms with E-state index >= 15 is 0 Å². The maximum atomic E-state index is 9.61. The summed E-state index contributed by atoms with van der Waals surface area (Å²) >= 11 is 0. The Balaban J connectivity index is 1.93. The molecule has 1 N–H and O–H groups in total. The molecule has 0 aromatic heterocycles. The van der Waals surface area contributed by atoms with Gasteiger partial charge in [0.25, 0.3) is 0 Å². The van der Waals surface area contributed by atoms with Gasteiger partial charge in [-0.2, -0.15) is 0 Å². The van der Waals surface area contributed by atoms with Crippen molar-refractivity contribution in [3.05, 3.63) is 0 Å². The summed E-state index contributed by atoms with van der Waals surface area (Å²) < 4.78 is 0. The van der Waals surface area contributed by atoms with Crippen molar-refractivity contribution in [3.63, 3.8) is 0 Å². The predicted molar refractivity (Wildman–Crippen MR) is 36.2 cm³/mol. The Morgan fingerprint density at radius 3 is 2.10 bits per heavy atom. The lowest BCUT2D eigenvalue weighted by Crippen LogP contribution is -2.18. The summed E-state index contributed by atoms with van der Waals surface area (Å²) in [6.07, 6.45) is 2.76. The van der Waals surface area contributed by atoms with E-state index in [9.17, 15) is 5.11 Å². The van der Waals surface area contributed by atoms with Crippen molar-refractivity contribution in [1.82, 2.24) is 0 Å². The van der Waals surface area contributed by atoms with Gasteiger partial charge in [-0.25, -0.2) is 0 Å². The van der Waals surface area contributed by atoms with Crippen LogP contribution in [0.25, 0.3) is 0 Å². The first-order chi connectivity index (χ1) is 4.88. The molecule has 1 nitrogen and oxygen atoms in total. The van der Waals surface area contributed by atoms with Gasteiger partial charge in [0, 0.05) is 0 Å². The van der Waals surface area contributed by atoms with E-state index in [1.807, 2.05) is 0 Å². The van der Waals surface area contributed by atoms with Crippen molar-refractivity contribution in [2.75, 3.05) is 0 Å². The van der Waals surface area contributed by atoms with Gasteiger partial charge in [-0.05, 0) is 48.3 Å². The minimum atomic E-state index is 0.115. The van der Waals surface area contributed by atoms with E-state index in [1.165, 1.54) is 6.42 Å². The van der Waals surface area contributed by atoms with Gasteiger partial charge < -0.3 is 5.11 Å². The van der Waals surface area contributed by atoms with E-state index in [2.05, 4.69) is 0 Å². The lowest BCUT2D eigenvalue weighted by molar-refractivity contribution is 0.104. The molecule has 5 aliphatic rings. The van der Waals surface area contributed by atoms with Crippen LogP contribution in [0.1, 0.15) is 12.8 Å². The Kier molecular flexibility index (Phi) is 0.513. The predicted octanol–water partition coefficient (Wildman–Crippen LogP) is 0.879. The van der Waals surface area contributed by atoms with E-state index in [4.69, 9.17) is 0 Å². The van der Waals surface area contributed by atoms with Crippen LogP contribution in [0.2, 0.25) is 0 Å². The van der Waals surface area contributed by atoms with E-state index in [0.717, 1.165) is 41.9 Å². The summed E-state index contributed by atoms with van der Waals surface area (Å²) in [5.74, 6) is 5.96. The summed E-state index contributed by atoms with van der Waals surface area (Å²) in [5, 5.41) is 9.61. The van der Waals surface area contributed by atoms with Crippen LogP contribution in [-0.4, -0.2) is 11.2 Å². The molecule has 5 fully saturated rings. The minimum absolute atomic E-state index is 0.115. The van der Waals surface area contributed by atoms with Crippen molar-refractivity contribution in [3.8, 4) is 0 Å². The van der Waals surface area contributed by atoms with E-state index in [-0.39, 0.29) is 6.10 Å². The lowest BCUT2D eigenvalue weighted by atomic mass is 9.98. The summed E-state index contributed by atoms with van der Waals surface area (Å²) in [5.41, 5.74) is 0. The number of hydrogen-bond acceptors (Lipinski definition) is 1. The average molecular weight is 136 g/mol. The fourth-order valence-corrected chi connectivity index (χ4v) is 4.70. The van der Waals surface area contributed by atoms with Crippen LogP contribution < -0.4 is 0 Å². The second-order valence-corrected chi connectivity index (χ2v) is 4.76. The van der Waals surface area contributed by atoms with Crippen molar-refractivity contribution >= 4 is 0 Å². The fraction of sp³-hybridized carbons (Fsp3) is 1.00. The Labute approximate surface area is 60.4 Å². The quantitative estimate of drug-likeness (QED) is 0.524. The summed E-state index contributed by atoms with van der Waals surface area (Å²) in [6.45, 7) is 0. The maximum Gasteiger partial charge on any atom is 0.0576 e. The summed E-state index contributed by atoms with van der Waals surface area (Å²) in [6, 6.07) is 0. The van der Waals surface area contributed by atoms with Crippen LogP contribution in [0, 0.1) is 35.5 Å². The molecule has 5 aliphatic carbocycles. The zero-order chi connectivity index (χ0) is 6.46. The first-order valence-electron chi connectivity index (χ1n) is 4.56. The molecule has 0 saturated heterocycles. The highest BCUT2D eigenvalue weighted by Gasteiger charge is 2.77. The molecule has 0 spiro atoms. The number of aliphatic hydroxyl groups is 1. The lowest BCUT2D eigenvalue weighted by Gasteiger charge is -2.14. The van der Waals surface area contributed by atoms with Gasteiger partial charge in [0.1, 0.15) is 0 Å².